The lowest BCUT2D eigenvalue weighted by Crippen LogP contribution is -2.32. The van der Waals surface area contributed by atoms with Crippen LogP contribution in [0.25, 0.3) is 0 Å². The Kier molecular flexibility index (Phi) is 7.25. The van der Waals surface area contributed by atoms with Crippen molar-refractivity contribution in [1.29, 1.82) is 0 Å². The van der Waals surface area contributed by atoms with Crippen LogP contribution in [0.1, 0.15) is 25.5 Å². The van der Waals surface area contributed by atoms with Crippen molar-refractivity contribution in [2.45, 2.75) is 19.9 Å². The van der Waals surface area contributed by atoms with Crippen molar-refractivity contribution in [3.8, 4) is 0 Å². The summed E-state index contributed by atoms with van der Waals surface area (Å²) in [6, 6.07) is 7.65. The molecule has 0 aliphatic heterocycles. The van der Waals surface area contributed by atoms with Gasteiger partial charge in [-0.15, -0.1) is 0 Å². The standard InChI is InChI=1S/C14H23N3O2S/c1-4-20(19)9-8-16-14(18)17-13-7-5-6-12(10-13)11(2)15-3/h5-7,10-11,15H,4,8-9H2,1-3H3,(H2,16,17,18). The van der Waals surface area contributed by atoms with Gasteiger partial charge in [-0.2, -0.15) is 0 Å². The molecule has 20 heavy (non-hydrogen) atoms. The summed E-state index contributed by atoms with van der Waals surface area (Å²) in [5.74, 6) is 1.11. The molecule has 0 heterocycles. The lowest BCUT2D eigenvalue weighted by Gasteiger charge is -2.13. The summed E-state index contributed by atoms with van der Waals surface area (Å²) >= 11 is 0. The number of urea groups is 1. The van der Waals surface area contributed by atoms with E-state index in [4.69, 9.17) is 0 Å². The van der Waals surface area contributed by atoms with Crippen molar-refractivity contribution in [1.82, 2.24) is 10.6 Å². The highest BCUT2D eigenvalue weighted by atomic mass is 32.2. The van der Waals surface area contributed by atoms with Gasteiger partial charge in [0.2, 0.25) is 0 Å². The Labute approximate surface area is 123 Å². The van der Waals surface area contributed by atoms with Crippen LogP contribution < -0.4 is 16.0 Å². The number of amides is 2. The molecule has 0 radical (unpaired) electrons. The third-order valence-electron chi connectivity index (χ3n) is 3.01. The molecule has 0 aromatic heterocycles. The van der Waals surface area contributed by atoms with Crippen molar-refractivity contribution in [3.63, 3.8) is 0 Å². The first-order valence-corrected chi connectivity index (χ1v) is 8.22. The maximum atomic E-state index is 11.7. The first-order chi connectivity index (χ1) is 9.56. The van der Waals surface area contributed by atoms with E-state index in [0.29, 0.717) is 18.1 Å². The van der Waals surface area contributed by atoms with Crippen molar-refractivity contribution in [2.75, 3.05) is 30.4 Å². The molecule has 0 aliphatic carbocycles. The molecule has 6 heteroatoms. The van der Waals surface area contributed by atoms with Gasteiger partial charge >= 0.3 is 6.03 Å². The summed E-state index contributed by atoms with van der Waals surface area (Å²) in [4.78, 5) is 11.7. The Balaban J connectivity index is 2.47. The van der Waals surface area contributed by atoms with Gasteiger partial charge in [-0.25, -0.2) is 4.79 Å². The lowest BCUT2D eigenvalue weighted by atomic mass is 10.1. The number of carbonyl (C=O) groups is 1. The van der Waals surface area contributed by atoms with Gasteiger partial charge in [-0.1, -0.05) is 19.1 Å². The van der Waals surface area contributed by atoms with E-state index in [1.54, 1.807) is 0 Å². The van der Waals surface area contributed by atoms with E-state index in [1.807, 2.05) is 38.2 Å². The van der Waals surface area contributed by atoms with Crippen LogP contribution in [0.3, 0.4) is 0 Å². The van der Waals surface area contributed by atoms with Crippen LogP contribution in [0.4, 0.5) is 10.5 Å². The third-order valence-corrected chi connectivity index (χ3v) is 4.32. The van der Waals surface area contributed by atoms with Crippen LogP contribution in [-0.4, -0.2) is 35.3 Å². The van der Waals surface area contributed by atoms with Crippen molar-refractivity contribution in [2.24, 2.45) is 0 Å². The van der Waals surface area contributed by atoms with Crippen LogP contribution in [0.15, 0.2) is 24.3 Å². The second-order valence-electron chi connectivity index (χ2n) is 4.45. The number of anilines is 1. The zero-order chi connectivity index (χ0) is 15.0. The fraction of sp³-hybridized carbons (Fsp3) is 0.500. The van der Waals surface area contributed by atoms with Gasteiger partial charge < -0.3 is 16.0 Å². The summed E-state index contributed by atoms with van der Waals surface area (Å²) in [6.45, 7) is 4.34. The summed E-state index contributed by atoms with van der Waals surface area (Å²) in [6.07, 6.45) is 0. The van der Waals surface area contributed by atoms with Crippen molar-refractivity contribution in [3.05, 3.63) is 29.8 Å². The zero-order valence-electron chi connectivity index (χ0n) is 12.2. The molecule has 1 aromatic carbocycles. The minimum absolute atomic E-state index is 0.229. The number of hydrogen-bond acceptors (Lipinski definition) is 3. The number of benzene rings is 1. The normalized spacial score (nSPS) is 13.6. The molecule has 2 amide bonds. The first-order valence-electron chi connectivity index (χ1n) is 6.73. The van der Waals surface area contributed by atoms with Gasteiger partial charge in [0.05, 0.1) is 0 Å². The Morgan fingerprint density at radius 2 is 2.15 bits per heavy atom. The molecule has 112 valence electrons. The fourth-order valence-electron chi connectivity index (χ4n) is 1.65. The van der Waals surface area contributed by atoms with Crippen molar-refractivity contribution < 1.29 is 9.00 Å². The van der Waals surface area contributed by atoms with Crippen LogP contribution in [0.5, 0.6) is 0 Å². The van der Waals surface area contributed by atoms with Gasteiger partial charge in [-0.3, -0.25) is 4.21 Å². The van der Waals surface area contributed by atoms with Gasteiger partial charge in [0.15, 0.2) is 0 Å². The molecule has 0 saturated heterocycles. The fourth-order valence-corrected chi connectivity index (χ4v) is 2.27. The average molecular weight is 297 g/mol. The van der Waals surface area contributed by atoms with Crippen molar-refractivity contribution >= 4 is 22.5 Å². The Morgan fingerprint density at radius 3 is 2.80 bits per heavy atom. The second kappa shape index (κ2) is 8.71. The van der Waals surface area contributed by atoms with E-state index in [2.05, 4.69) is 22.9 Å². The lowest BCUT2D eigenvalue weighted by molar-refractivity contribution is 0.252. The largest absolute Gasteiger partial charge is 0.337 e. The summed E-state index contributed by atoms with van der Waals surface area (Å²) < 4.78 is 11.2. The molecule has 5 nitrogen and oxygen atoms in total. The van der Waals surface area contributed by atoms with E-state index in [0.717, 1.165) is 11.3 Å². The molecule has 2 atom stereocenters. The highest BCUT2D eigenvalue weighted by Crippen LogP contribution is 2.16. The number of hydrogen-bond donors (Lipinski definition) is 3. The predicted octanol–water partition coefficient (Wildman–Crippen LogP) is 1.86. The molecule has 0 aliphatic rings. The molecule has 0 bridgehead atoms. The van der Waals surface area contributed by atoms with E-state index >= 15 is 0 Å². The maximum Gasteiger partial charge on any atom is 0.319 e. The van der Waals surface area contributed by atoms with Crippen LogP contribution in [0, 0.1) is 0 Å². The second-order valence-corrected chi connectivity index (χ2v) is 6.31. The molecule has 1 rings (SSSR count). The Bertz CT molecular complexity index is 465. The molecular weight excluding hydrogens is 274 g/mol. The highest BCUT2D eigenvalue weighted by molar-refractivity contribution is 7.84. The van der Waals surface area contributed by atoms with Gasteiger partial charge in [0.25, 0.3) is 0 Å². The zero-order valence-corrected chi connectivity index (χ0v) is 13.0. The summed E-state index contributed by atoms with van der Waals surface area (Å²) in [5.41, 5.74) is 1.86. The molecule has 2 unspecified atom stereocenters. The quantitative estimate of drug-likeness (QED) is 0.719. The molecular formula is C14H23N3O2S. The SMILES string of the molecule is CCS(=O)CCNC(=O)Nc1cccc(C(C)NC)c1. The predicted molar refractivity (Wildman–Crippen MR) is 84.5 cm³/mol. The number of carbonyl (C=O) groups excluding carboxylic acids is 1. The van der Waals surface area contributed by atoms with E-state index < -0.39 is 10.8 Å². The van der Waals surface area contributed by atoms with E-state index in [1.165, 1.54) is 0 Å². The summed E-state index contributed by atoms with van der Waals surface area (Å²) in [7, 11) is 1.04. The smallest absolute Gasteiger partial charge is 0.319 e. The number of rotatable bonds is 7. The average Bonchev–Trinajstić information content (AvgIpc) is 2.46. The third kappa shape index (κ3) is 5.71. The maximum absolute atomic E-state index is 11.7. The molecule has 0 saturated carbocycles. The van der Waals surface area contributed by atoms with E-state index in [-0.39, 0.29) is 12.1 Å². The van der Waals surface area contributed by atoms with Gasteiger partial charge in [0, 0.05) is 40.6 Å². The Hall–Kier alpha value is -1.40. The van der Waals surface area contributed by atoms with Crippen LogP contribution >= 0.6 is 0 Å². The summed E-state index contributed by atoms with van der Waals surface area (Å²) in [5, 5.41) is 8.63. The molecule has 0 spiro atoms. The van der Waals surface area contributed by atoms with Crippen LogP contribution in [0.2, 0.25) is 0 Å². The van der Waals surface area contributed by atoms with Gasteiger partial charge in [-0.05, 0) is 31.7 Å². The number of nitrogens with one attached hydrogen (secondary N) is 3. The van der Waals surface area contributed by atoms with E-state index in [9.17, 15) is 9.00 Å². The molecule has 3 N–H and O–H groups in total. The topological polar surface area (TPSA) is 70.2 Å². The molecule has 0 fully saturated rings. The minimum atomic E-state index is -0.852. The monoisotopic (exact) mass is 297 g/mol. The highest BCUT2D eigenvalue weighted by Gasteiger charge is 2.06. The Morgan fingerprint density at radius 1 is 1.40 bits per heavy atom. The van der Waals surface area contributed by atoms with Crippen LogP contribution in [-0.2, 0) is 10.8 Å². The van der Waals surface area contributed by atoms with Gasteiger partial charge in [0.1, 0.15) is 0 Å². The first kappa shape index (κ1) is 16.7. The molecule has 1 aromatic rings. The minimum Gasteiger partial charge on any atom is -0.337 e.